The molecule has 0 unspecified atom stereocenters. The van der Waals surface area contributed by atoms with Crippen molar-refractivity contribution in [3.05, 3.63) is 28.0 Å². The molecule has 1 N–H and O–H groups in total. The van der Waals surface area contributed by atoms with Gasteiger partial charge in [-0.05, 0) is 33.5 Å². The highest BCUT2D eigenvalue weighted by Crippen LogP contribution is 2.34. The maximum Gasteiger partial charge on any atom is 0.338 e. The van der Waals surface area contributed by atoms with Gasteiger partial charge in [0.05, 0.1) is 5.56 Å². The fourth-order valence-corrected chi connectivity index (χ4v) is 3.05. The van der Waals surface area contributed by atoms with Gasteiger partial charge in [0.1, 0.15) is 5.82 Å². The summed E-state index contributed by atoms with van der Waals surface area (Å²) in [6.45, 7) is 6.00. The van der Waals surface area contributed by atoms with Crippen molar-refractivity contribution in [1.82, 2.24) is 0 Å². The average molecular weight is 363 g/mol. The van der Waals surface area contributed by atoms with Crippen LogP contribution in [0.1, 0.15) is 44.0 Å². The van der Waals surface area contributed by atoms with Gasteiger partial charge >= 0.3 is 5.97 Å². The van der Waals surface area contributed by atoms with Crippen LogP contribution in [0.5, 0.6) is 0 Å². The van der Waals surface area contributed by atoms with E-state index in [4.69, 9.17) is 5.11 Å². The van der Waals surface area contributed by atoms with Crippen molar-refractivity contribution >= 4 is 38.8 Å². The number of hydrogen-bond acceptors (Lipinski definition) is 3. The Morgan fingerprint density at radius 1 is 1.40 bits per heavy atom. The molecule has 0 aliphatic rings. The van der Waals surface area contributed by atoms with E-state index in [1.807, 2.05) is 20.8 Å². The molecule has 0 aliphatic carbocycles. The molecular weight excluding hydrogens is 347 g/mol. The third-order valence-electron chi connectivity index (χ3n) is 3.06. The van der Waals surface area contributed by atoms with E-state index >= 15 is 0 Å². The van der Waals surface area contributed by atoms with Crippen LogP contribution in [0.3, 0.4) is 0 Å². The van der Waals surface area contributed by atoms with Crippen molar-refractivity contribution in [1.29, 1.82) is 0 Å². The van der Waals surface area contributed by atoms with E-state index in [2.05, 4.69) is 15.9 Å². The molecule has 0 saturated carbocycles. The van der Waals surface area contributed by atoms with Gasteiger partial charge in [0, 0.05) is 15.8 Å². The molecule has 1 aromatic rings. The van der Waals surface area contributed by atoms with Gasteiger partial charge in [0.15, 0.2) is 5.12 Å². The smallest absolute Gasteiger partial charge is 0.338 e. The molecule has 0 amide bonds. The number of hydrogen-bond donors (Lipinski definition) is 1. The van der Waals surface area contributed by atoms with Crippen molar-refractivity contribution in [3.8, 4) is 0 Å². The van der Waals surface area contributed by atoms with Crippen molar-refractivity contribution in [2.24, 2.45) is 5.41 Å². The molecule has 6 heteroatoms. The summed E-state index contributed by atoms with van der Waals surface area (Å²) in [5.74, 6) is -2.17. The predicted molar refractivity (Wildman–Crippen MR) is 80.6 cm³/mol. The van der Waals surface area contributed by atoms with Crippen molar-refractivity contribution in [2.75, 3.05) is 0 Å². The van der Waals surface area contributed by atoms with E-state index in [1.165, 1.54) is 6.07 Å². The van der Waals surface area contributed by atoms with Crippen LogP contribution in [-0.4, -0.2) is 16.2 Å². The van der Waals surface area contributed by atoms with Gasteiger partial charge in [-0.15, -0.1) is 0 Å². The second-order valence-corrected chi connectivity index (χ2v) is 7.19. The van der Waals surface area contributed by atoms with Crippen molar-refractivity contribution in [2.45, 2.75) is 38.5 Å². The molecule has 110 valence electrons. The first-order valence-corrected chi connectivity index (χ1v) is 7.70. The molecule has 20 heavy (non-hydrogen) atoms. The molecule has 0 radical (unpaired) electrons. The van der Waals surface area contributed by atoms with E-state index < -0.39 is 17.3 Å². The number of carbonyl (C=O) groups is 2. The predicted octanol–water partition coefficient (Wildman–Crippen LogP) is 4.73. The van der Waals surface area contributed by atoms with Crippen LogP contribution in [-0.2, 0) is 4.79 Å². The SMILES string of the molecule is CCC(C)(C)CC(=O)Sc1cc(C(=O)O)c(F)cc1Br. The fourth-order valence-electron chi connectivity index (χ4n) is 1.45. The number of carboxylic acids is 1. The largest absolute Gasteiger partial charge is 0.478 e. The minimum absolute atomic E-state index is 0.0690. The lowest BCUT2D eigenvalue weighted by atomic mass is 9.87. The van der Waals surface area contributed by atoms with Crippen molar-refractivity contribution < 1.29 is 19.1 Å². The molecule has 0 fully saturated rings. The Bertz CT molecular complexity index is 543. The second kappa shape index (κ2) is 6.72. The zero-order valence-electron chi connectivity index (χ0n) is 11.5. The lowest BCUT2D eigenvalue weighted by Crippen LogP contribution is -2.14. The maximum atomic E-state index is 13.4. The van der Waals surface area contributed by atoms with Crippen LogP contribution in [0.15, 0.2) is 21.5 Å². The Morgan fingerprint density at radius 2 is 2.00 bits per heavy atom. The summed E-state index contributed by atoms with van der Waals surface area (Å²) < 4.78 is 13.8. The highest BCUT2D eigenvalue weighted by atomic mass is 79.9. The standard InChI is InChI=1S/C14H16BrFO3S/c1-4-14(2,3)7-12(17)20-11-5-8(13(18)19)10(16)6-9(11)15/h5-6H,4,7H2,1-3H3,(H,18,19). The van der Waals surface area contributed by atoms with E-state index in [9.17, 15) is 14.0 Å². The molecule has 1 rings (SSSR count). The van der Waals surface area contributed by atoms with Gasteiger partial charge in [-0.25, -0.2) is 9.18 Å². The second-order valence-electron chi connectivity index (χ2n) is 5.24. The highest BCUT2D eigenvalue weighted by Gasteiger charge is 2.22. The Labute approximate surface area is 130 Å². The average Bonchev–Trinajstić information content (AvgIpc) is 2.31. The zero-order chi connectivity index (χ0) is 15.5. The van der Waals surface area contributed by atoms with E-state index in [-0.39, 0.29) is 10.5 Å². The fraction of sp³-hybridized carbons (Fsp3) is 0.429. The van der Waals surface area contributed by atoms with Crippen LogP contribution in [0, 0.1) is 11.2 Å². The Morgan fingerprint density at radius 3 is 2.50 bits per heavy atom. The summed E-state index contributed by atoms with van der Waals surface area (Å²) in [6.07, 6.45) is 1.24. The molecule has 0 saturated heterocycles. The van der Waals surface area contributed by atoms with Gasteiger partial charge in [-0.2, -0.15) is 0 Å². The van der Waals surface area contributed by atoms with Crippen LogP contribution in [0.2, 0.25) is 0 Å². The Balaban J connectivity index is 2.95. The monoisotopic (exact) mass is 362 g/mol. The first-order chi connectivity index (χ1) is 9.16. The molecule has 0 aliphatic heterocycles. The first kappa shape index (κ1) is 17.2. The lowest BCUT2D eigenvalue weighted by Gasteiger charge is -2.21. The summed E-state index contributed by atoms with van der Waals surface area (Å²) in [4.78, 5) is 23.3. The Hall–Kier alpha value is -0.880. The van der Waals surface area contributed by atoms with Gasteiger partial charge in [0.2, 0.25) is 0 Å². The number of benzene rings is 1. The number of halogens is 2. The highest BCUT2D eigenvalue weighted by molar-refractivity contribution is 9.10. The molecule has 0 aromatic heterocycles. The summed E-state index contributed by atoms with van der Waals surface area (Å²) in [7, 11) is 0. The first-order valence-electron chi connectivity index (χ1n) is 6.09. The Kier molecular flexibility index (Phi) is 5.77. The van der Waals surface area contributed by atoms with E-state index in [0.717, 1.165) is 24.2 Å². The molecule has 0 heterocycles. The summed E-state index contributed by atoms with van der Waals surface area (Å²) in [6, 6.07) is 2.26. The summed E-state index contributed by atoms with van der Waals surface area (Å²) in [5, 5.41) is 8.82. The maximum absolute atomic E-state index is 13.4. The third kappa shape index (κ3) is 4.59. The molecule has 0 atom stereocenters. The topological polar surface area (TPSA) is 54.4 Å². The van der Waals surface area contributed by atoms with Crippen molar-refractivity contribution in [3.63, 3.8) is 0 Å². The van der Waals surface area contributed by atoms with Crippen LogP contribution in [0.25, 0.3) is 0 Å². The molecule has 1 aromatic carbocycles. The molecule has 0 spiro atoms. The van der Waals surface area contributed by atoms with Gasteiger partial charge in [0.25, 0.3) is 0 Å². The van der Waals surface area contributed by atoms with Crippen LogP contribution >= 0.6 is 27.7 Å². The zero-order valence-corrected chi connectivity index (χ0v) is 13.9. The molecule has 3 nitrogen and oxygen atoms in total. The number of rotatable bonds is 5. The minimum Gasteiger partial charge on any atom is -0.478 e. The lowest BCUT2D eigenvalue weighted by molar-refractivity contribution is -0.112. The quantitative estimate of drug-likeness (QED) is 0.769. The number of carbonyl (C=O) groups excluding carboxylic acids is 1. The van der Waals surface area contributed by atoms with Crippen LogP contribution in [0.4, 0.5) is 4.39 Å². The number of carboxylic acid groups (broad SMARTS) is 1. The number of aromatic carboxylic acids is 1. The molecule has 0 bridgehead atoms. The summed E-state index contributed by atoms with van der Waals surface area (Å²) >= 11 is 4.09. The molecular formula is C14H16BrFO3S. The van der Waals surface area contributed by atoms with Gasteiger partial charge in [-0.1, -0.05) is 39.0 Å². The number of thioether (sulfide) groups is 1. The third-order valence-corrected chi connectivity index (χ3v) is 4.90. The van der Waals surface area contributed by atoms with E-state index in [0.29, 0.717) is 15.8 Å². The summed E-state index contributed by atoms with van der Waals surface area (Å²) in [5.41, 5.74) is -0.537. The normalized spacial score (nSPS) is 11.4. The van der Waals surface area contributed by atoms with Gasteiger partial charge < -0.3 is 5.11 Å². The minimum atomic E-state index is -1.35. The van der Waals surface area contributed by atoms with Crippen LogP contribution < -0.4 is 0 Å². The van der Waals surface area contributed by atoms with Gasteiger partial charge in [-0.3, -0.25) is 4.79 Å². The van der Waals surface area contributed by atoms with E-state index in [1.54, 1.807) is 0 Å².